The van der Waals surface area contributed by atoms with E-state index >= 15 is 0 Å². The predicted octanol–water partition coefficient (Wildman–Crippen LogP) is 3.02. The van der Waals surface area contributed by atoms with Gasteiger partial charge in [0, 0.05) is 69.5 Å². The summed E-state index contributed by atoms with van der Waals surface area (Å²) >= 11 is 0. The number of hydrogen-bond acceptors (Lipinski definition) is 4. The SMILES string of the molecule is CN=C(NCCc1c[nH]c2cccc(C)c12)N1CCN(Cc2ccon2)CC1.I. The van der Waals surface area contributed by atoms with Gasteiger partial charge in [0.1, 0.15) is 6.26 Å². The van der Waals surface area contributed by atoms with Gasteiger partial charge in [-0.05, 0) is 30.5 Å². The van der Waals surface area contributed by atoms with Crippen molar-refractivity contribution in [1.82, 2.24) is 25.3 Å². The number of benzene rings is 1. The molecular weight excluding hydrogens is 479 g/mol. The Hall–Kier alpha value is -2.07. The molecule has 0 spiro atoms. The lowest BCUT2D eigenvalue weighted by atomic mass is 10.1. The molecule has 0 amide bonds. The highest BCUT2D eigenvalue weighted by Crippen LogP contribution is 2.22. The first-order valence-electron chi connectivity index (χ1n) is 9.87. The van der Waals surface area contributed by atoms with Gasteiger partial charge in [-0.1, -0.05) is 17.3 Å². The molecule has 1 aliphatic heterocycles. The summed E-state index contributed by atoms with van der Waals surface area (Å²) in [6.45, 7) is 7.80. The number of aromatic nitrogens is 2. The number of nitrogens with one attached hydrogen (secondary N) is 2. The first kappa shape index (κ1) is 21.6. The summed E-state index contributed by atoms with van der Waals surface area (Å²) in [5, 5.41) is 8.89. The van der Waals surface area contributed by atoms with E-state index in [4.69, 9.17) is 4.52 Å². The van der Waals surface area contributed by atoms with E-state index in [0.717, 1.165) is 57.3 Å². The number of aromatic amines is 1. The number of halogens is 1. The summed E-state index contributed by atoms with van der Waals surface area (Å²) in [5.41, 5.74) is 4.88. The highest BCUT2D eigenvalue weighted by atomic mass is 127. The number of hydrogen-bond donors (Lipinski definition) is 2. The topological polar surface area (TPSA) is 72.7 Å². The minimum absolute atomic E-state index is 0. The first-order chi connectivity index (χ1) is 13.7. The third-order valence-corrected chi connectivity index (χ3v) is 5.43. The fourth-order valence-corrected chi connectivity index (χ4v) is 3.96. The van der Waals surface area contributed by atoms with E-state index in [2.05, 4.69) is 61.6 Å². The molecule has 1 saturated heterocycles. The van der Waals surface area contributed by atoms with E-state index < -0.39 is 0 Å². The van der Waals surface area contributed by atoms with Crippen molar-refractivity contribution >= 4 is 40.8 Å². The van der Waals surface area contributed by atoms with Crippen molar-refractivity contribution in [2.24, 2.45) is 4.99 Å². The maximum absolute atomic E-state index is 4.92. The molecule has 7 nitrogen and oxygen atoms in total. The Morgan fingerprint density at radius 3 is 2.79 bits per heavy atom. The molecule has 8 heteroatoms. The maximum atomic E-state index is 4.92. The summed E-state index contributed by atoms with van der Waals surface area (Å²) in [6.07, 6.45) is 4.73. The third-order valence-electron chi connectivity index (χ3n) is 5.43. The number of nitrogens with zero attached hydrogens (tertiary/aromatic N) is 4. The molecule has 1 aliphatic rings. The second kappa shape index (κ2) is 10.1. The van der Waals surface area contributed by atoms with Gasteiger partial charge >= 0.3 is 0 Å². The molecule has 0 unspecified atom stereocenters. The van der Waals surface area contributed by atoms with Crippen LogP contribution in [0, 0.1) is 6.92 Å². The molecule has 4 rings (SSSR count). The molecule has 0 atom stereocenters. The van der Waals surface area contributed by atoms with Gasteiger partial charge in [-0.2, -0.15) is 0 Å². The molecule has 0 radical (unpaired) electrons. The van der Waals surface area contributed by atoms with E-state index in [1.807, 2.05) is 13.1 Å². The van der Waals surface area contributed by atoms with E-state index in [-0.39, 0.29) is 24.0 Å². The van der Waals surface area contributed by atoms with Crippen LogP contribution in [0.15, 0.2) is 46.2 Å². The first-order valence-corrected chi connectivity index (χ1v) is 9.87. The summed E-state index contributed by atoms with van der Waals surface area (Å²) in [6, 6.07) is 8.33. The van der Waals surface area contributed by atoms with Gasteiger partial charge < -0.3 is 19.7 Å². The van der Waals surface area contributed by atoms with Crippen LogP contribution in [0.5, 0.6) is 0 Å². The molecule has 1 fully saturated rings. The van der Waals surface area contributed by atoms with Crippen molar-refractivity contribution < 1.29 is 4.52 Å². The zero-order chi connectivity index (χ0) is 19.3. The molecule has 0 aliphatic carbocycles. The normalized spacial score (nSPS) is 15.5. The summed E-state index contributed by atoms with van der Waals surface area (Å²) < 4.78 is 4.92. The smallest absolute Gasteiger partial charge is 0.193 e. The molecule has 2 aromatic heterocycles. The molecule has 156 valence electrons. The Kier molecular flexibility index (Phi) is 7.54. The second-order valence-electron chi connectivity index (χ2n) is 7.29. The number of aliphatic imine (C=N–C) groups is 1. The summed E-state index contributed by atoms with van der Waals surface area (Å²) in [4.78, 5) is 12.6. The van der Waals surface area contributed by atoms with Crippen molar-refractivity contribution in [2.75, 3.05) is 39.8 Å². The van der Waals surface area contributed by atoms with Crippen LogP contribution in [0.3, 0.4) is 0 Å². The fraction of sp³-hybridized carbons (Fsp3) is 0.429. The van der Waals surface area contributed by atoms with Crippen molar-refractivity contribution in [3.8, 4) is 0 Å². The summed E-state index contributed by atoms with van der Waals surface area (Å²) in [7, 11) is 1.86. The molecule has 1 aromatic carbocycles. The second-order valence-corrected chi connectivity index (χ2v) is 7.29. The quantitative estimate of drug-likeness (QED) is 0.315. The molecular formula is C21H29IN6O. The largest absolute Gasteiger partial charge is 0.364 e. The fourth-order valence-electron chi connectivity index (χ4n) is 3.96. The van der Waals surface area contributed by atoms with Crippen LogP contribution >= 0.6 is 24.0 Å². The zero-order valence-corrected chi connectivity index (χ0v) is 19.3. The van der Waals surface area contributed by atoms with Gasteiger partial charge in [0.25, 0.3) is 0 Å². The van der Waals surface area contributed by atoms with Crippen molar-refractivity contribution in [2.45, 2.75) is 19.9 Å². The minimum Gasteiger partial charge on any atom is -0.364 e. The van der Waals surface area contributed by atoms with Gasteiger partial charge in [-0.3, -0.25) is 9.89 Å². The number of guanidine groups is 1. The van der Waals surface area contributed by atoms with Crippen molar-refractivity contribution in [3.05, 3.63) is 53.5 Å². The van der Waals surface area contributed by atoms with Crippen LogP contribution in [0.25, 0.3) is 10.9 Å². The molecule has 2 N–H and O–H groups in total. The number of rotatable bonds is 5. The van der Waals surface area contributed by atoms with Crippen LogP contribution in [0.2, 0.25) is 0 Å². The van der Waals surface area contributed by atoms with Gasteiger partial charge in [0.15, 0.2) is 5.96 Å². The number of piperazine rings is 1. The van der Waals surface area contributed by atoms with E-state index in [1.165, 1.54) is 22.0 Å². The van der Waals surface area contributed by atoms with Crippen LogP contribution < -0.4 is 5.32 Å². The Labute approximate surface area is 188 Å². The van der Waals surface area contributed by atoms with Crippen LogP contribution in [0.4, 0.5) is 0 Å². The molecule has 29 heavy (non-hydrogen) atoms. The Balaban J connectivity index is 0.00000240. The van der Waals surface area contributed by atoms with Crippen molar-refractivity contribution in [3.63, 3.8) is 0 Å². The lowest BCUT2D eigenvalue weighted by Gasteiger charge is -2.36. The van der Waals surface area contributed by atoms with Crippen molar-refractivity contribution in [1.29, 1.82) is 0 Å². The highest BCUT2D eigenvalue weighted by Gasteiger charge is 2.20. The monoisotopic (exact) mass is 508 g/mol. The van der Waals surface area contributed by atoms with E-state index in [0.29, 0.717) is 0 Å². The Bertz CT molecular complexity index is 928. The van der Waals surface area contributed by atoms with Gasteiger partial charge in [-0.25, -0.2) is 0 Å². The standard InChI is InChI=1S/C21H28N6O.HI/c1-16-4-3-5-19-20(16)17(14-24-19)6-8-23-21(22-2)27-11-9-26(10-12-27)15-18-7-13-28-25-18;/h3-5,7,13-14,24H,6,8-12,15H2,1-2H3,(H,22,23);1H. The molecule has 0 bridgehead atoms. The zero-order valence-electron chi connectivity index (χ0n) is 17.0. The van der Waals surface area contributed by atoms with Crippen LogP contribution in [0.1, 0.15) is 16.8 Å². The van der Waals surface area contributed by atoms with Crippen LogP contribution in [-0.4, -0.2) is 65.7 Å². The molecule has 3 heterocycles. The molecule has 0 saturated carbocycles. The lowest BCUT2D eigenvalue weighted by Crippen LogP contribution is -2.52. The maximum Gasteiger partial charge on any atom is 0.193 e. The van der Waals surface area contributed by atoms with Gasteiger partial charge in [0.2, 0.25) is 0 Å². The number of H-pyrrole nitrogens is 1. The lowest BCUT2D eigenvalue weighted by molar-refractivity contribution is 0.169. The Morgan fingerprint density at radius 1 is 1.24 bits per heavy atom. The third kappa shape index (κ3) is 5.11. The minimum atomic E-state index is 0. The van der Waals surface area contributed by atoms with Crippen LogP contribution in [-0.2, 0) is 13.0 Å². The van der Waals surface area contributed by atoms with Gasteiger partial charge in [0.05, 0.1) is 5.69 Å². The average Bonchev–Trinajstić information content (AvgIpc) is 3.37. The average molecular weight is 508 g/mol. The Morgan fingerprint density at radius 2 is 2.07 bits per heavy atom. The number of aryl methyl sites for hydroxylation is 1. The van der Waals surface area contributed by atoms with Gasteiger partial charge in [-0.15, -0.1) is 24.0 Å². The predicted molar refractivity (Wildman–Crippen MR) is 127 cm³/mol. The van der Waals surface area contributed by atoms with E-state index in [1.54, 1.807) is 6.26 Å². The number of fused-ring (bicyclic) bond motifs is 1. The molecule has 3 aromatic rings. The summed E-state index contributed by atoms with van der Waals surface area (Å²) in [5.74, 6) is 0.984. The van der Waals surface area contributed by atoms with E-state index in [9.17, 15) is 0 Å². The highest BCUT2D eigenvalue weighted by molar-refractivity contribution is 14.0.